The maximum atomic E-state index is 14.9. The minimum atomic E-state index is -0.950. The van der Waals surface area contributed by atoms with Crippen molar-refractivity contribution in [2.75, 3.05) is 13.2 Å². The van der Waals surface area contributed by atoms with Gasteiger partial charge in [-0.25, -0.2) is 4.79 Å². The van der Waals surface area contributed by atoms with E-state index in [9.17, 15) is 19.2 Å². The second-order valence-electron chi connectivity index (χ2n) is 17.2. The van der Waals surface area contributed by atoms with E-state index >= 15 is 0 Å². The predicted molar refractivity (Wildman–Crippen MR) is 216 cm³/mol. The Morgan fingerprint density at radius 3 is 2.25 bits per heavy atom. The molecular weight excluding hydrogens is 701 g/mol. The molecule has 8 rings (SSSR count). The van der Waals surface area contributed by atoms with Crippen LogP contribution in [0.25, 0.3) is 11.1 Å². The van der Waals surface area contributed by atoms with Crippen LogP contribution in [0.4, 0.5) is 4.79 Å². The molecule has 0 radical (unpaired) electrons. The number of aryl methyl sites for hydroxylation is 1. The van der Waals surface area contributed by atoms with Gasteiger partial charge in [0.1, 0.15) is 18.7 Å². The fourth-order valence-corrected chi connectivity index (χ4v) is 9.49. The van der Waals surface area contributed by atoms with Gasteiger partial charge in [-0.05, 0) is 94.5 Å². The number of carbonyl (C=O) groups excluding carboxylic acids is 4. The Hall–Kier alpha value is -5.44. The lowest BCUT2D eigenvalue weighted by Gasteiger charge is -2.36. The number of rotatable bonds is 8. The van der Waals surface area contributed by atoms with Crippen LogP contribution in [0.5, 0.6) is 0 Å². The van der Waals surface area contributed by atoms with E-state index in [4.69, 9.17) is 4.74 Å². The molecule has 0 spiro atoms. The van der Waals surface area contributed by atoms with Gasteiger partial charge in [0.05, 0.1) is 6.04 Å². The highest BCUT2D eigenvalue weighted by Crippen LogP contribution is 2.45. The molecule has 4 aliphatic rings. The normalized spacial score (nSPS) is 21.9. The molecule has 4 aromatic carbocycles. The Balaban J connectivity index is 1.04. The number of alkyl carbamates (subject to hydrolysis) is 1. The Bertz CT molecular complexity index is 2110. The summed E-state index contributed by atoms with van der Waals surface area (Å²) in [6.45, 7) is 8.80. The van der Waals surface area contributed by atoms with Crippen LogP contribution in [0.2, 0.25) is 0 Å². The topological polar surface area (TPSA) is 108 Å². The summed E-state index contributed by atoms with van der Waals surface area (Å²) in [5.74, 6) is -0.725. The smallest absolute Gasteiger partial charge is 0.407 e. The summed E-state index contributed by atoms with van der Waals surface area (Å²) in [6.07, 6.45) is 4.26. The third kappa shape index (κ3) is 7.19. The van der Waals surface area contributed by atoms with Crippen molar-refractivity contribution >= 4 is 24.3 Å². The van der Waals surface area contributed by atoms with Crippen molar-refractivity contribution < 1.29 is 23.9 Å². The van der Waals surface area contributed by atoms with Crippen molar-refractivity contribution in [2.45, 2.75) is 102 Å². The Labute approximate surface area is 329 Å². The number of hydrogen-bond donors (Lipinski definition) is 2. The molecule has 4 amide bonds. The van der Waals surface area contributed by atoms with E-state index in [1.54, 1.807) is 4.90 Å². The van der Waals surface area contributed by atoms with Crippen LogP contribution in [0.3, 0.4) is 0 Å². The van der Waals surface area contributed by atoms with Gasteiger partial charge in [0, 0.05) is 31.0 Å². The quantitative estimate of drug-likeness (QED) is 0.182. The Morgan fingerprint density at radius 1 is 0.875 bits per heavy atom. The molecule has 2 aliphatic carbocycles. The van der Waals surface area contributed by atoms with Gasteiger partial charge in [0.2, 0.25) is 18.2 Å². The monoisotopic (exact) mass is 752 g/mol. The molecule has 1 saturated heterocycles. The van der Waals surface area contributed by atoms with Crippen LogP contribution >= 0.6 is 0 Å². The summed E-state index contributed by atoms with van der Waals surface area (Å²) >= 11 is 0. The van der Waals surface area contributed by atoms with E-state index in [-0.39, 0.29) is 42.3 Å². The average Bonchev–Trinajstić information content (AvgIpc) is 3.79. The second-order valence-corrected chi connectivity index (χ2v) is 17.2. The van der Waals surface area contributed by atoms with Gasteiger partial charge in [-0.3, -0.25) is 14.4 Å². The van der Waals surface area contributed by atoms with Crippen molar-refractivity contribution in [3.63, 3.8) is 0 Å². The lowest BCUT2D eigenvalue weighted by molar-refractivity contribution is -0.142. The van der Waals surface area contributed by atoms with E-state index < -0.39 is 23.6 Å². The number of nitrogens with zero attached hydrogens (tertiary/aromatic N) is 2. The first-order valence-corrected chi connectivity index (χ1v) is 20.1. The average molecular weight is 753 g/mol. The first-order chi connectivity index (χ1) is 27.0. The van der Waals surface area contributed by atoms with Crippen molar-refractivity contribution in [3.05, 3.63) is 130 Å². The molecule has 290 valence electrons. The van der Waals surface area contributed by atoms with E-state index in [0.29, 0.717) is 19.5 Å². The highest BCUT2D eigenvalue weighted by molar-refractivity contribution is 5.93. The number of carbonyl (C=O) groups is 4. The Kier molecular flexibility index (Phi) is 10.2. The van der Waals surface area contributed by atoms with Gasteiger partial charge < -0.3 is 25.2 Å². The van der Waals surface area contributed by atoms with Gasteiger partial charge in [-0.15, -0.1) is 0 Å². The molecule has 9 nitrogen and oxygen atoms in total. The number of hydrogen-bond acceptors (Lipinski definition) is 5. The minimum Gasteiger partial charge on any atom is -0.449 e. The molecule has 0 aromatic heterocycles. The number of ether oxygens (including phenoxy) is 1. The summed E-state index contributed by atoms with van der Waals surface area (Å²) in [5, 5.41) is 6.29. The fourth-order valence-electron chi connectivity index (χ4n) is 9.49. The molecule has 0 bridgehead atoms. The lowest BCUT2D eigenvalue weighted by Crippen LogP contribution is -2.58. The van der Waals surface area contributed by atoms with E-state index in [2.05, 4.69) is 72.2 Å². The maximum absolute atomic E-state index is 14.9. The first-order valence-electron chi connectivity index (χ1n) is 20.1. The summed E-state index contributed by atoms with van der Waals surface area (Å²) in [7, 11) is 0. The first kappa shape index (κ1) is 37.5. The van der Waals surface area contributed by atoms with Crippen LogP contribution in [0.1, 0.15) is 104 Å². The van der Waals surface area contributed by atoms with Gasteiger partial charge in [0.25, 0.3) is 0 Å². The van der Waals surface area contributed by atoms with Crippen LogP contribution in [0.15, 0.2) is 91.0 Å². The zero-order chi connectivity index (χ0) is 39.1. The standard InChI is InChI=1S/C47H52N4O5/c1-29-22-31-20-21-32(23-33(31)25-50(29)28-52)34-24-42(44(53)48-41-19-11-13-30-12-5-6-14-35(30)41)51(26-34)45(54)43(47(2,3)4)49-46(55)56-27-40-38-17-9-7-15-36(38)37-16-8-10-18-39(37)40/h5-10,12,14-18,20-21,23,28-29,34,40-43H,11,13,19,22,24-27H2,1-4H3,(H,48,53)(H,49,55)/t29?,34?,41-,42+,43-/m1/s1. The molecule has 9 heteroatoms. The molecule has 2 aliphatic heterocycles. The SMILES string of the molecule is CC1Cc2ccc(C3C[C@@H](C(=O)N[C@@H]4CCCc5ccccc54)N(C(=O)[C@@H](NC(=O)OCC4c5ccccc5-c5ccccc54)C(C)(C)C)C3)cc2CN1C=O. The highest BCUT2D eigenvalue weighted by atomic mass is 16.5. The highest BCUT2D eigenvalue weighted by Gasteiger charge is 2.46. The van der Waals surface area contributed by atoms with Gasteiger partial charge in [-0.2, -0.15) is 0 Å². The third-order valence-corrected chi connectivity index (χ3v) is 12.6. The van der Waals surface area contributed by atoms with Gasteiger partial charge in [0.15, 0.2) is 0 Å². The zero-order valence-electron chi connectivity index (χ0n) is 32.8. The van der Waals surface area contributed by atoms with Crippen LogP contribution in [0, 0.1) is 5.41 Å². The lowest BCUT2D eigenvalue weighted by atomic mass is 9.85. The number of fused-ring (bicyclic) bond motifs is 5. The zero-order valence-corrected chi connectivity index (χ0v) is 32.8. The number of nitrogens with one attached hydrogen (secondary N) is 2. The molecule has 2 heterocycles. The Morgan fingerprint density at radius 2 is 1.55 bits per heavy atom. The van der Waals surface area contributed by atoms with Gasteiger partial charge in [-0.1, -0.05) is 112 Å². The summed E-state index contributed by atoms with van der Waals surface area (Å²) in [6, 6.07) is 29.3. The minimum absolute atomic E-state index is 0.113. The van der Waals surface area contributed by atoms with Crippen molar-refractivity contribution in [1.29, 1.82) is 0 Å². The van der Waals surface area contributed by atoms with Crippen molar-refractivity contribution in [2.24, 2.45) is 5.41 Å². The summed E-state index contributed by atoms with van der Waals surface area (Å²) in [4.78, 5) is 58.3. The number of amides is 4. The van der Waals surface area contributed by atoms with Crippen molar-refractivity contribution in [1.82, 2.24) is 20.4 Å². The van der Waals surface area contributed by atoms with Crippen LogP contribution in [-0.4, -0.2) is 65.4 Å². The molecule has 1 fully saturated rings. The molecule has 5 atom stereocenters. The predicted octanol–water partition coefficient (Wildman–Crippen LogP) is 7.42. The third-order valence-electron chi connectivity index (χ3n) is 12.6. The largest absolute Gasteiger partial charge is 0.449 e. The second kappa shape index (κ2) is 15.2. The number of benzene rings is 4. The molecule has 2 unspecified atom stereocenters. The van der Waals surface area contributed by atoms with Crippen LogP contribution in [-0.2, 0) is 38.5 Å². The molecular formula is C47H52N4O5. The molecule has 2 N–H and O–H groups in total. The number of likely N-dealkylation sites (tertiary alicyclic amines) is 1. The molecule has 56 heavy (non-hydrogen) atoms. The maximum Gasteiger partial charge on any atom is 0.407 e. The van der Waals surface area contributed by atoms with Crippen molar-refractivity contribution in [3.8, 4) is 11.1 Å². The van der Waals surface area contributed by atoms with E-state index in [0.717, 1.165) is 71.0 Å². The van der Waals surface area contributed by atoms with E-state index in [1.165, 1.54) is 11.1 Å². The molecule has 4 aromatic rings. The van der Waals surface area contributed by atoms with Crippen LogP contribution < -0.4 is 10.6 Å². The van der Waals surface area contributed by atoms with E-state index in [1.807, 2.05) is 62.1 Å². The molecule has 0 saturated carbocycles. The van der Waals surface area contributed by atoms with Gasteiger partial charge >= 0.3 is 6.09 Å². The summed E-state index contributed by atoms with van der Waals surface area (Å²) in [5.41, 5.74) is 9.54. The fraction of sp³-hybridized carbons (Fsp3) is 0.404. The summed E-state index contributed by atoms with van der Waals surface area (Å²) < 4.78 is 5.93.